The van der Waals surface area contributed by atoms with E-state index in [1.807, 2.05) is 20.8 Å². The van der Waals surface area contributed by atoms with Crippen LogP contribution in [0.25, 0.3) is 0 Å². The van der Waals surface area contributed by atoms with Crippen LogP contribution >= 0.6 is 0 Å². The third kappa shape index (κ3) is 2.14. The molecule has 16 heavy (non-hydrogen) atoms. The molecule has 1 unspecified atom stereocenters. The van der Waals surface area contributed by atoms with E-state index in [0.29, 0.717) is 6.04 Å². The first-order chi connectivity index (χ1) is 7.33. The van der Waals surface area contributed by atoms with Crippen molar-refractivity contribution in [3.63, 3.8) is 0 Å². The molecule has 0 radical (unpaired) electrons. The Morgan fingerprint density at radius 3 is 2.88 bits per heavy atom. The van der Waals surface area contributed by atoms with Crippen molar-refractivity contribution in [1.29, 1.82) is 0 Å². The minimum atomic E-state index is -0.390. The molecule has 0 aromatic rings. The van der Waals surface area contributed by atoms with Crippen molar-refractivity contribution in [3.05, 3.63) is 11.6 Å². The first-order valence-corrected chi connectivity index (χ1v) is 6.02. The molecule has 0 saturated carbocycles. The zero-order valence-corrected chi connectivity index (χ0v) is 10.6. The van der Waals surface area contributed by atoms with Gasteiger partial charge in [0.15, 0.2) is 0 Å². The van der Waals surface area contributed by atoms with Crippen LogP contribution < -0.4 is 5.32 Å². The maximum absolute atomic E-state index is 12.1. The molecule has 3 nitrogen and oxygen atoms in total. The van der Waals surface area contributed by atoms with Gasteiger partial charge in [0, 0.05) is 6.04 Å². The Bertz CT molecular complexity index is 340. The summed E-state index contributed by atoms with van der Waals surface area (Å²) in [6, 6.07) is 0.470. The Morgan fingerprint density at radius 1 is 1.56 bits per heavy atom. The van der Waals surface area contributed by atoms with E-state index >= 15 is 0 Å². The predicted molar refractivity (Wildman–Crippen MR) is 63.1 cm³/mol. The molecule has 1 saturated heterocycles. The Morgan fingerprint density at radius 2 is 2.25 bits per heavy atom. The fraction of sp³-hybridized carbons (Fsp3) is 0.769. The van der Waals surface area contributed by atoms with E-state index in [1.165, 1.54) is 5.57 Å². The van der Waals surface area contributed by atoms with Gasteiger partial charge in [0.05, 0.1) is 0 Å². The van der Waals surface area contributed by atoms with Gasteiger partial charge in [0.1, 0.15) is 11.0 Å². The summed E-state index contributed by atoms with van der Waals surface area (Å²) in [5.41, 5.74) is 0.517. The van der Waals surface area contributed by atoms with Crippen LogP contribution in [0.1, 0.15) is 40.5 Å². The highest BCUT2D eigenvalue weighted by molar-refractivity contribution is 5.89. The molecule has 2 rings (SSSR count). The number of hydrogen-bond donors (Lipinski definition) is 1. The van der Waals surface area contributed by atoms with Crippen molar-refractivity contribution in [1.82, 2.24) is 5.32 Å². The van der Waals surface area contributed by atoms with Crippen LogP contribution in [0.15, 0.2) is 11.6 Å². The van der Waals surface area contributed by atoms with Crippen molar-refractivity contribution in [2.45, 2.75) is 52.2 Å². The molecule has 1 aliphatic carbocycles. The molecule has 1 fully saturated rings. The van der Waals surface area contributed by atoms with Gasteiger partial charge in [0.25, 0.3) is 0 Å². The molecular formula is C13H21NO2. The maximum Gasteiger partial charge on any atom is 0.320 e. The fourth-order valence-electron chi connectivity index (χ4n) is 2.31. The first kappa shape index (κ1) is 11.6. The number of fused-ring (bicyclic) bond motifs is 1. The molecule has 0 amide bonds. The lowest BCUT2D eigenvalue weighted by atomic mass is 9.94. The van der Waals surface area contributed by atoms with Crippen LogP contribution in [0.4, 0.5) is 0 Å². The van der Waals surface area contributed by atoms with Crippen LogP contribution in [0.3, 0.4) is 0 Å². The summed E-state index contributed by atoms with van der Waals surface area (Å²) < 4.78 is 5.49. The summed E-state index contributed by atoms with van der Waals surface area (Å²) >= 11 is 0. The lowest BCUT2D eigenvalue weighted by molar-refractivity contribution is -0.160. The smallest absolute Gasteiger partial charge is 0.320 e. The van der Waals surface area contributed by atoms with E-state index < -0.39 is 5.60 Å². The molecule has 2 aliphatic rings. The quantitative estimate of drug-likeness (QED) is 0.546. The van der Waals surface area contributed by atoms with Gasteiger partial charge >= 0.3 is 5.97 Å². The third-order valence-electron chi connectivity index (χ3n) is 3.21. The molecule has 3 heteroatoms. The summed E-state index contributed by atoms with van der Waals surface area (Å²) in [5.74, 6) is -0.0640. The predicted octanol–water partition coefficient (Wildman–Crippen LogP) is 2.03. The Kier molecular flexibility index (Phi) is 2.61. The maximum atomic E-state index is 12.1. The number of esters is 1. The van der Waals surface area contributed by atoms with Crippen molar-refractivity contribution in [2.24, 2.45) is 5.41 Å². The number of carbonyl (C=O) groups excluding carboxylic acids is 1. The number of rotatable bonds is 1. The second-order valence-corrected chi connectivity index (χ2v) is 5.95. The normalized spacial score (nSPS) is 33.5. The second-order valence-electron chi connectivity index (χ2n) is 5.95. The minimum absolute atomic E-state index is 0.0640. The van der Waals surface area contributed by atoms with Crippen LogP contribution in [0, 0.1) is 5.41 Å². The van der Waals surface area contributed by atoms with Gasteiger partial charge in [-0.2, -0.15) is 0 Å². The molecular weight excluding hydrogens is 202 g/mol. The summed E-state index contributed by atoms with van der Waals surface area (Å²) in [5, 5.41) is 3.40. The summed E-state index contributed by atoms with van der Waals surface area (Å²) in [4.78, 5) is 12.1. The Hall–Kier alpha value is -0.830. The third-order valence-corrected chi connectivity index (χ3v) is 3.21. The van der Waals surface area contributed by atoms with Crippen LogP contribution in [-0.2, 0) is 9.53 Å². The van der Waals surface area contributed by atoms with Crippen molar-refractivity contribution in [3.8, 4) is 0 Å². The lowest BCUT2D eigenvalue weighted by Crippen LogP contribution is -2.32. The average molecular weight is 223 g/mol. The lowest BCUT2D eigenvalue weighted by Gasteiger charge is -2.24. The second kappa shape index (κ2) is 3.59. The fourth-order valence-corrected chi connectivity index (χ4v) is 2.31. The molecule has 0 spiro atoms. The highest BCUT2D eigenvalue weighted by Gasteiger charge is 2.53. The molecule has 0 aromatic carbocycles. The number of ether oxygens (including phenoxy) is 1. The highest BCUT2D eigenvalue weighted by Crippen LogP contribution is 2.52. The van der Waals surface area contributed by atoms with Gasteiger partial charge < -0.3 is 10.1 Å². The number of nitrogens with one attached hydrogen (secondary N) is 1. The molecule has 0 aromatic heterocycles. The van der Waals surface area contributed by atoms with E-state index in [0.717, 1.165) is 19.4 Å². The van der Waals surface area contributed by atoms with Crippen molar-refractivity contribution >= 4 is 5.97 Å². The van der Waals surface area contributed by atoms with Crippen LogP contribution in [-0.4, -0.2) is 24.2 Å². The number of carbonyl (C=O) groups is 1. The first-order valence-electron chi connectivity index (χ1n) is 6.02. The minimum Gasteiger partial charge on any atom is -0.459 e. The standard InChI is InChI=1S/C13H21NO2/c1-9-7-10-8-13(10,5-6-14-9)11(15)16-12(2,3)4/h8-9,14H,5-7H2,1-4H3/t9-,13?/m0/s1. The Balaban J connectivity index is 2.03. The average Bonchev–Trinajstić information content (AvgIpc) is 2.75. The number of hydrogen-bond acceptors (Lipinski definition) is 3. The van der Waals surface area contributed by atoms with Crippen molar-refractivity contribution < 1.29 is 9.53 Å². The van der Waals surface area contributed by atoms with Gasteiger partial charge in [-0.25, -0.2) is 0 Å². The van der Waals surface area contributed by atoms with E-state index in [-0.39, 0.29) is 11.4 Å². The molecule has 90 valence electrons. The summed E-state index contributed by atoms with van der Waals surface area (Å²) in [6.45, 7) is 8.80. The van der Waals surface area contributed by atoms with E-state index in [1.54, 1.807) is 0 Å². The van der Waals surface area contributed by atoms with Gasteiger partial charge in [-0.05, 0) is 47.1 Å². The van der Waals surface area contributed by atoms with Crippen LogP contribution in [0.5, 0.6) is 0 Å². The highest BCUT2D eigenvalue weighted by atomic mass is 16.6. The summed E-state index contributed by atoms with van der Waals surface area (Å²) in [7, 11) is 0. The molecule has 1 aliphatic heterocycles. The summed E-state index contributed by atoms with van der Waals surface area (Å²) in [6.07, 6.45) is 3.92. The zero-order chi connectivity index (χ0) is 12.0. The van der Waals surface area contributed by atoms with Gasteiger partial charge in [-0.3, -0.25) is 4.79 Å². The van der Waals surface area contributed by atoms with Gasteiger partial charge in [-0.15, -0.1) is 0 Å². The van der Waals surface area contributed by atoms with Crippen molar-refractivity contribution in [2.75, 3.05) is 6.54 Å². The van der Waals surface area contributed by atoms with Gasteiger partial charge in [-0.1, -0.05) is 11.6 Å². The monoisotopic (exact) mass is 223 g/mol. The molecule has 0 bridgehead atoms. The van der Waals surface area contributed by atoms with E-state index in [2.05, 4.69) is 18.3 Å². The van der Waals surface area contributed by atoms with Crippen LogP contribution in [0.2, 0.25) is 0 Å². The topological polar surface area (TPSA) is 38.3 Å². The molecule has 2 atom stereocenters. The SMILES string of the molecule is C[C@H]1CC2=CC2(C(=O)OC(C)(C)C)CCN1. The molecule has 1 N–H and O–H groups in total. The zero-order valence-electron chi connectivity index (χ0n) is 10.6. The largest absolute Gasteiger partial charge is 0.459 e. The van der Waals surface area contributed by atoms with E-state index in [9.17, 15) is 4.79 Å². The van der Waals surface area contributed by atoms with E-state index in [4.69, 9.17) is 4.74 Å². The molecule has 1 heterocycles. The Labute approximate surface area is 97.2 Å². The van der Waals surface area contributed by atoms with Gasteiger partial charge in [0.2, 0.25) is 0 Å².